The summed E-state index contributed by atoms with van der Waals surface area (Å²) in [7, 11) is 0. The Morgan fingerprint density at radius 2 is 2.00 bits per heavy atom. The third-order valence-electron chi connectivity index (χ3n) is 3.19. The highest BCUT2D eigenvalue weighted by Crippen LogP contribution is 2.39. The standard InChI is InChI=1S/C13H16Cl2N2O/c1-2-11(17-7-5-16-6-8-17)9-3-4-10(14)12(15)13(9)18/h2-4,11,16,18H,1,5-8H2/t11-/m0/s1. The smallest absolute Gasteiger partial charge is 0.140 e. The number of piperazine rings is 1. The van der Waals surface area contributed by atoms with Crippen molar-refractivity contribution in [1.82, 2.24) is 10.2 Å². The fraction of sp³-hybridized carbons (Fsp3) is 0.385. The molecule has 0 saturated carbocycles. The van der Waals surface area contributed by atoms with Crippen LogP contribution in [0.2, 0.25) is 10.0 Å². The highest BCUT2D eigenvalue weighted by atomic mass is 35.5. The van der Waals surface area contributed by atoms with E-state index in [1.54, 1.807) is 12.1 Å². The minimum Gasteiger partial charge on any atom is -0.506 e. The van der Waals surface area contributed by atoms with E-state index in [-0.39, 0.29) is 16.8 Å². The second-order valence-electron chi connectivity index (χ2n) is 4.27. The summed E-state index contributed by atoms with van der Waals surface area (Å²) in [5.41, 5.74) is 0.751. The molecule has 98 valence electrons. The number of hydrogen-bond donors (Lipinski definition) is 2. The first-order valence-corrected chi connectivity index (χ1v) is 6.65. The van der Waals surface area contributed by atoms with Crippen molar-refractivity contribution in [2.24, 2.45) is 0 Å². The summed E-state index contributed by atoms with van der Waals surface area (Å²) in [4.78, 5) is 2.25. The van der Waals surface area contributed by atoms with Gasteiger partial charge in [0.1, 0.15) is 10.8 Å². The SMILES string of the molecule is C=C[C@@H](c1ccc(Cl)c(Cl)c1O)N1CCNCC1. The van der Waals surface area contributed by atoms with Gasteiger partial charge in [-0.15, -0.1) is 6.58 Å². The summed E-state index contributed by atoms with van der Waals surface area (Å²) in [5, 5.41) is 14.0. The van der Waals surface area contributed by atoms with Crippen LogP contribution in [0.5, 0.6) is 5.75 Å². The van der Waals surface area contributed by atoms with Crippen molar-refractivity contribution in [1.29, 1.82) is 0 Å². The Hall–Kier alpha value is -0.740. The molecule has 1 aliphatic rings. The van der Waals surface area contributed by atoms with E-state index < -0.39 is 0 Å². The summed E-state index contributed by atoms with van der Waals surface area (Å²) < 4.78 is 0. The van der Waals surface area contributed by atoms with E-state index in [4.69, 9.17) is 23.2 Å². The molecule has 0 spiro atoms. The lowest BCUT2D eigenvalue weighted by Gasteiger charge is -2.33. The molecule has 0 bridgehead atoms. The van der Waals surface area contributed by atoms with Gasteiger partial charge in [0, 0.05) is 31.7 Å². The van der Waals surface area contributed by atoms with Crippen molar-refractivity contribution in [3.8, 4) is 5.75 Å². The number of phenolic OH excluding ortho intramolecular Hbond substituents is 1. The molecule has 1 aliphatic heterocycles. The molecular weight excluding hydrogens is 271 g/mol. The van der Waals surface area contributed by atoms with Crippen LogP contribution in [0.15, 0.2) is 24.8 Å². The number of aromatic hydroxyl groups is 1. The number of phenols is 1. The molecule has 3 nitrogen and oxygen atoms in total. The van der Waals surface area contributed by atoms with Gasteiger partial charge >= 0.3 is 0 Å². The van der Waals surface area contributed by atoms with E-state index >= 15 is 0 Å². The summed E-state index contributed by atoms with van der Waals surface area (Å²) in [6.07, 6.45) is 1.82. The van der Waals surface area contributed by atoms with Gasteiger partial charge in [0.15, 0.2) is 0 Å². The topological polar surface area (TPSA) is 35.5 Å². The highest BCUT2D eigenvalue weighted by Gasteiger charge is 2.23. The van der Waals surface area contributed by atoms with Gasteiger partial charge in [0.25, 0.3) is 0 Å². The fourth-order valence-corrected chi connectivity index (χ4v) is 2.55. The second kappa shape index (κ2) is 5.93. The third kappa shape index (κ3) is 2.64. The van der Waals surface area contributed by atoms with Crippen molar-refractivity contribution in [2.45, 2.75) is 6.04 Å². The van der Waals surface area contributed by atoms with Gasteiger partial charge in [-0.2, -0.15) is 0 Å². The average molecular weight is 287 g/mol. The van der Waals surface area contributed by atoms with E-state index in [0.29, 0.717) is 5.02 Å². The molecule has 1 atom stereocenters. The molecule has 5 heteroatoms. The minimum absolute atomic E-state index is 0.0399. The number of nitrogens with zero attached hydrogens (tertiary/aromatic N) is 1. The fourth-order valence-electron chi connectivity index (χ4n) is 2.23. The van der Waals surface area contributed by atoms with Crippen molar-refractivity contribution in [3.05, 3.63) is 40.4 Å². The Labute approximate surface area is 117 Å². The largest absolute Gasteiger partial charge is 0.506 e. The number of benzene rings is 1. The molecule has 2 N–H and O–H groups in total. The van der Waals surface area contributed by atoms with Crippen molar-refractivity contribution >= 4 is 23.2 Å². The number of nitrogens with one attached hydrogen (secondary N) is 1. The Kier molecular flexibility index (Phi) is 4.51. The first-order valence-electron chi connectivity index (χ1n) is 5.89. The molecule has 1 aromatic carbocycles. The number of halogens is 2. The van der Waals surface area contributed by atoms with Crippen LogP contribution in [0.3, 0.4) is 0 Å². The van der Waals surface area contributed by atoms with E-state index in [2.05, 4.69) is 16.8 Å². The molecule has 1 aromatic rings. The van der Waals surface area contributed by atoms with Crippen molar-refractivity contribution < 1.29 is 5.11 Å². The zero-order valence-corrected chi connectivity index (χ0v) is 11.5. The first kappa shape index (κ1) is 13.7. The molecule has 0 aromatic heterocycles. The number of hydrogen-bond acceptors (Lipinski definition) is 3. The monoisotopic (exact) mass is 286 g/mol. The minimum atomic E-state index is -0.0399. The molecule has 0 amide bonds. The van der Waals surface area contributed by atoms with Gasteiger partial charge in [-0.3, -0.25) is 4.90 Å². The molecule has 2 rings (SSSR count). The van der Waals surface area contributed by atoms with E-state index in [1.807, 2.05) is 6.08 Å². The van der Waals surface area contributed by atoms with Crippen molar-refractivity contribution in [2.75, 3.05) is 26.2 Å². The molecule has 0 aliphatic carbocycles. The number of rotatable bonds is 3. The second-order valence-corrected chi connectivity index (χ2v) is 5.05. The predicted octanol–water partition coefficient (Wildman–Crippen LogP) is 2.83. The molecule has 1 saturated heterocycles. The Bertz CT molecular complexity index is 445. The van der Waals surface area contributed by atoms with Crippen LogP contribution in [0.25, 0.3) is 0 Å². The maximum Gasteiger partial charge on any atom is 0.140 e. The van der Waals surface area contributed by atoms with Crippen LogP contribution in [-0.4, -0.2) is 36.2 Å². The van der Waals surface area contributed by atoms with E-state index in [9.17, 15) is 5.11 Å². The molecule has 1 heterocycles. The van der Waals surface area contributed by atoms with Crippen LogP contribution in [0.4, 0.5) is 0 Å². The normalized spacial score (nSPS) is 18.6. The van der Waals surface area contributed by atoms with Crippen LogP contribution >= 0.6 is 23.2 Å². The summed E-state index contributed by atoms with van der Waals surface area (Å²) >= 11 is 11.9. The van der Waals surface area contributed by atoms with Crippen LogP contribution in [0, 0.1) is 0 Å². The van der Waals surface area contributed by atoms with Gasteiger partial charge in [-0.25, -0.2) is 0 Å². The zero-order valence-electron chi connectivity index (χ0n) is 10.00. The highest BCUT2D eigenvalue weighted by molar-refractivity contribution is 6.43. The maximum absolute atomic E-state index is 10.1. The zero-order chi connectivity index (χ0) is 13.1. The van der Waals surface area contributed by atoms with Crippen molar-refractivity contribution in [3.63, 3.8) is 0 Å². The van der Waals surface area contributed by atoms with Gasteiger partial charge in [0.05, 0.1) is 11.1 Å². The lowest BCUT2D eigenvalue weighted by molar-refractivity contribution is 0.201. The summed E-state index contributed by atoms with van der Waals surface area (Å²) in [6, 6.07) is 3.47. The van der Waals surface area contributed by atoms with Gasteiger partial charge < -0.3 is 10.4 Å². The molecule has 0 radical (unpaired) electrons. The Balaban J connectivity index is 2.32. The lowest BCUT2D eigenvalue weighted by Crippen LogP contribution is -2.44. The summed E-state index contributed by atoms with van der Waals surface area (Å²) in [5.74, 6) is 0.0487. The van der Waals surface area contributed by atoms with E-state index in [0.717, 1.165) is 31.7 Å². The average Bonchev–Trinajstić information content (AvgIpc) is 2.41. The van der Waals surface area contributed by atoms with E-state index in [1.165, 1.54) is 0 Å². The third-order valence-corrected chi connectivity index (χ3v) is 3.98. The quantitative estimate of drug-likeness (QED) is 0.839. The Morgan fingerprint density at radius 1 is 1.33 bits per heavy atom. The van der Waals surface area contributed by atoms with Crippen LogP contribution in [-0.2, 0) is 0 Å². The lowest BCUT2D eigenvalue weighted by atomic mass is 10.0. The molecular formula is C13H16Cl2N2O. The van der Waals surface area contributed by atoms with Gasteiger partial charge in [0.2, 0.25) is 0 Å². The molecule has 1 fully saturated rings. The Morgan fingerprint density at radius 3 is 2.61 bits per heavy atom. The van der Waals surface area contributed by atoms with Gasteiger partial charge in [-0.05, 0) is 6.07 Å². The van der Waals surface area contributed by atoms with Gasteiger partial charge in [-0.1, -0.05) is 35.3 Å². The van der Waals surface area contributed by atoms with Crippen LogP contribution in [0.1, 0.15) is 11.6 Å². The maximum atomic E-state index is 10.1. The molecule has 18 heavy (non-hydrogen) atoms. The predicted molar refractivity (Wildman–Crippen MR) is 75.5 cm³/mol. The van der Waals surface area contributed by atoms with Crippen LogP contribution < -0.4 is 5.32 Å². The summed E-state index contributed by atoms with van der Waals surface area (Å²) in [6.45, 7) is 7.56. The first-order chi connectivity index (χ1) is 8.65. The molecule has 0 unspecified atom stereocenters.